The van der Waals surface area contributed by atoms with E-state index >= 15 is 0 Å². The summed E-state index contributed by atoms with van der Waals surface area (Å²) in [5.74, 6) is -0.285. The summed E-state index contributed by atoms with van der Waals surface area (Å²) in [6, 6.07) is 6.85. The van der Waals surface area contributed by atoms with Crippen LogP contribution in [0.1, 0.15) is 24.9 Å². The van der Waals surface area contributed by atoms with E-state index in [0.29, 0.717) is 12.3 Å². The first kappa shape index (κ1) is 11.5. The number of rotatable bonds is 4. The van der Waals surface area contributed by atoms with Crippen LogP contribution in [0.5, 0.6) is 0 Å². The molecule has 4 nitrogen and oxygen atoms in total. The SMILES string of the molecule is CCOC(=O)C[C@H](N)c1cccc(N)c1. The first-order chi connectivity index (χ1) is 7.13. The summed E-state index contributed by atoms with van der Waals surface area (Å²) in [7, 11) is 0. The van der Waals surface area contributed by atoms with E-state index < -0.39 is 0 Å². The van der Waals surface area contributed by atoms with Gasteiger partial charge in [0.1, 0.15) is 0 Å². The van der Waals surface area contributed by atoms with Crippen molar-refractivity contribution in [2.45, 2.75) is 19.4 Å². The fourth-order valence-electron chi connectivity index (χ4n) is 1.31. The molecular weight excluding hydrogens is 192 g/mol. The number of nitrogen functional groups attached to an aromatic ring is 1. The molecule has 4 heteroatoms. The summed E-state index contributed by atoms with van der Waals surface area (Å²) in [4.78, 5) is 11.2. The summed E-state index contributed by atoms with van der Waals surface area (Å²) in [5, 5.41) is 0. The minimum Gasteiger partial charge on any atom is -0.466 e. The lowest BCUT2D eigenvalue weighted by molar-refractivity contribution is -0.143. The van der Waals surface area contributed by atoms with Crippen molar-refractivity contribution in [3.63, 3.8) is 0 Å². The first-order valence-corrected chi connectivity index (χ1v) is 4.90. The van der Waals surface area contributed by atoms with Crippen LogP contribution >= 0.6 is 0 Å². The van der Waals surface area contributed by atoms with Crippen LogP contribution < -0.4 is 11.5 Å². The van der Waals surface area contributed by atoms with Gasteiger partial charge in [-0.25, -0.2) is 0 Å². The molecule has 82 valence electrons. The van der Waals surface area contributed by atoms with E-state index in [0.717, 1.165) is 5.56 Å². The Hall–Kier alpha value is -1.55. The van der Waals surface area contributed by atoms with Crippen LogP contribution in [-0.2, 0) is 9.53 Å². The molecule has 0 fully saturated rings. The Bertz CT molecular complexity index is 339. The van der Waals surface area contributed by atoms with Gasteiger partial charge >= 0.3 is 5.97 Å². The van der Waals surface area contributed by atoms with Gasteiger partial charge in [-0.3, -0.25) is 4.79 Å². The van der Waals surface area contributed by atoms with E-state index in [2.05, 4.69) is 0 Å². The Morgan fingerprint density at radius 3 is 2.87 bits per heavy atom. The fourth-order valence-corrected chi connectivity index (χ4v) is 1.31. The highest BCUT2D eigenvalue weighted by atomic mass is 16.5. The van der Waals surface area contributed by atoms with Gasteiger partial charge in [-0.2, -0.15) is 0 Å². The number of anilines is 1. The van der Waals surface area contributed by atoms with Crippen LogP contribution in [0.25, 0.3) is 0 Å². The zero-order chi connectivity index (χ0) is 11.3. The van der Waals surface area contributed by atoms with Crippen molar-refractivity contribution in [3.8, 4) is 0 Å². The molecule has 0 unspecified atom stereocenters. The number of benzene rings is 1. The van der Waals surface area contributed by atoms with Crippen LogP contribution in [-0.4, -0.2) is 12.6 Å². The van der Waals surface area contributed by atoms with Gasteiger partial charge in [0.25, 0.3) is 0 Å². The lowest BCUT2D eigenvalue weighted by Crippen LogP contribution is -2.17. The summed E-state index contributed by atoms with van der Waals surface area (Å²) >= 11 is 0. The van der Waals surface area contributed by atoms with Gasteiger partial charge in [0, 0.05) is 11.7 Å². The molecule has 15 heavy (non-hydrogen) atoms. The van der Waals surface area contributed by atoms with Gasteiger partial charge in [-0.1, -0.05) is 12.1 Å². The van der Waals surface area contributed by atoms with E-state index in [-0.39, 0.29) is 18.4 Å². The normalized spacial score (nSPS) is 12.1. The predicted octanol–water partition coefficient (Wildman–Crippen LogP) is 1.22. The van der Waals surface area contributed by atoms with Crippen molar-refractivity contribution in [1.82, 2.24) is 0 Å². The Labute approximate surface area is 89.2 Å². The van der Waals surface area contributed by atoms with Crippen LogP contribution in [0.2, 0.25) is 0 Å². The molecule has 0 radical (unpaired) electrons. The highest BCUT2D eigenvalue weighted by Crippen LogP contribution is 2.16. The number of esters is 1. The molecule has 1 rings (SSSR count). The molecule has 0 heterocycles. The number of ether oxygens (including phenoxy) is 1. The van der Waals surface area contributed by atoms with Crippen molar-refractivity contribution in [1.29, 1.82) is 0 Å². The van der Waals surface area contributed by atoms with E-state index in [4.69, 9.17) is 16.2 Å². The molecule has 0 aliphatic heterocycles. The van der Waals surface area contributed by atoms with Crippen molar-refractivity contribution in [2.75, 3.05) is 12.3 Å². The van der Waals surface area contributed by atoms with E-state index in [1.54, 1.807) is 19.1 Å². The van der Waals surface area contributed by atoms with Gasteiger partial charge < -0.3 is 16.2 Å². The molecule has 0 aliphatic rings. The van der Waals surface area contributed by atoms with Crippen LogP contribution in [0.4, 0.5) is 5.69 Å². The summed E-state index contributed by atoms with van der Waals surface area (Å²) in [6.07, 6.45) is 0.178. The van der Waals surface area contributed by atoms with Crippen molar-refractivity contribution >= 4 is 11.7 Å². The second kappa shape index (κ2) is 5.36. The molecule has 0 aliphatic carbocycles. The van der Waals surface area contributed by atoms with Crippen LogP contribution in [0, 0.1) is 0 Å². The van der Waals surface area contributed by atoms with E-state index in [1.165, 1.54) is 0 Å². The highest BCUT2D eigenvalue weighted by molar-refractivity contribution is 5.70. The smallest absolute Gasteiger partial charge is 0.307 e. The van der Waals surface area contributed by atoms with Gasteiger partial charge in [0.2, 0.25) is 0 Å². The molecule has 1 aromatic carbocycles. The van der Waals surface area contributed by atoms with Gasteiger partial charge in [-0.05, 0) is 24.6 Å². The molecule has 0 saturated heterocycles. The second-order valence-electron chi connectivity index (χ2n) is 3.29. The average molecular weight is 208 g/mol. The molecule has 1 aromatic rings. The van der Waals surface area contributed by atoms with Crippen molar-refractivity contribution in [3.05, 3.63) is 29.8 Å². The molecular formula is C11H16N2O2. The largest absolute Gasteiger partial charge is 0.466 e. The standard InChI is InChI=1S/C11H16N2O2/c1-2-15-11(14)7-10(13)8-4-3-5-9(12)6-8/h3-6,10H,2,7,12-13H2,1H3/t10-/m0/s1. The van der Waals surface area contributed by atoms with Crippen molar-refractivity contribution in [2.24, 2.45) is 5.73 Å². The maximum absolute atomic E-state index is 11.2. The number of carbonyl (C=O) groups excluding carboxylic acids is 1. The van der Waals surface area contributed by atoms with Crippen molar-refractivity contribution < 1.29 is 9.53 Å². The van der Waals surface area contributed by atoms with Crippen LogP contribution in [0.3, 0.4) is 0 Å². The molecule has 0 amide bonds. The maximum Gasteiger partial charge on any atom is 0.307 e. The third-order valence-corrected chi connectivity index (χ3v) is 2.03. The summed E-state index contributed by atoms with van der Waals surface area (Å²) in [6.45, 7) is 2.15. The monoisotopic (exact) mass is 208 g/mol. The quantitative estimate of drug-likeness (QED) is 0.576. The maximum atomic E-state index is 11.2. The molecule has 0 spiro atoms. The minimum absolute atomic E-state index is 0.178. The topological polar surface area (TPSA) is 78.3 Å². The second-order valence-corrected chi connectivity index (χ2v) is 3.29. The summed E-state index contributed by atoms with van der Waals surface area (Å²) in [5.41, 5.74) is 12.9. The molecule has 0 bridgehead atoms. The molecule has 0 aromatic heterocycles. The first-order valence-electron chi connectivity index (χ1n) is 4.90. The number of carbonyl (C=O) groups is 1. The van der Waals surface area contributed by atoms with Gasteiger partial charge in [0.15, 0.2) is 0 Å². The Kier molecular flexibility index (Phi) is 4.12. The fraction of sp³-hybridized carbons (Fsp3) is 0.364. The van der Waals surface area contributed by atoms with Gasteiger partial charge in [-0.15, -0.1) is 0 Å². The lowest BCUT2D eigenvalue weighted by atomic mass is 10.0. The third kappa shape index (κ3) is 3.59. The minimum atomic E-state index is -0.354. The Morgan fingerprint density at radius 1 is 1.53 bits per heavy atom. The lowest BCUT2D eigenvalue weighted by Gasteiger charge is -2.11. The number of nitrogens with two attached hydrogens (primary N) is 2. The summed E-state index contributed by atoms with van der Waals surface area (Å²) < 4.78 is 4.81. The Morgan fingerprint density at radius 2 is 2.27 bits per heavy atom. The molecule has 0 saturated carbocycles. The highest BCUT2D eigenvalue weighted by Gasteiger charge is 2.12. The molecule has 4 N–H and O–H groups in total. The Balaban J connectivity index is 2.60. The van der Waals surface area contributed by atoms with E-state index in [1.807, 2.05) is 12.1 Å². The zero-order valence-corrected chi connectivity index (χ0v) is 8.77. The number of hydrogen-bond donors (Lipinski definition) is 2. The third-order valence-electron chi connectivity index (χ3n) is 2.03. The van der Waals surface area contributed by atoms with Gasteiger partial charge in [0.05, 0.1) is 13.0 Å². The zero-order valence-electron chi connectivity index (χ0n) is 8.77. The average Bonchev–Trinajstić information content (AvgIpc) is 2.18. The predicted molar refractivity (Wildman–Crippen MR) is 59.0 cm³/mol. The van der Waals surface area contributed by atoms with E-state index in [9.17, 15) is 4.79 Å². The number of hydrogen-bond acceptors (Lipinski definition) is 4. The van der Waals surface area contributed by atoms with Crippen LogP contribution in [0.15, 0.2) is 24.3 Å². The molecule has 1 atom stereocenters.